The van der Waals surface area contributed by atoms with Crippen LogP contribution in [0.5, 0.6) is 5.75 Å². The van der Waals surface area contributed by atoms with Crippen LogP contribution in [-0.2, 0) is 14.0 Å². The molecule has 120 valence electrons. The molecule has 21 heavy (non-hydrogen) atoms. The van der Waals surface area contributed by atoms with E-state index in [-0.39, 0.29) is 18.3 Å². The lowest BCUT2D eigenvalue weighted by molar-refractivity contribution is 0.0146. The third kappa shape index (κ3) is 5.30. The van der Waals surface area contributed by atoms with Gasteiger partial charge in [0.25, 0.3) is 0 Å². The SMILES string of the molecule is COc1ccc([B-](OC(C)C)(OC(C)C)OC(C)C)nc1. The minimum atomic E-state index is -2.10. The van der Waals surface area contributed by atoms with Crippen LogP contribution in [0.25, 0.3) is 0 Å². The van der Waals surface area contributed by atoms with Crippen molar-refractivity contribution in [3.63, 3.8) is 0 Å². The first-order chi connectivity index (χ1) is 9.79. The van der Waals surface area contributed by atoms with E-state index in [1.54, 1.807) is 13.3 Å². The lowest BCUT2D eigenvalue weighted by atomic mass is 9.71. The molecule has 0 atom stereocenters. The van der Waals surface area contributed by atoms with E-state index in [9.17, 15) is 0 Å². The molecule has 0 unspecified atom stereocenters. The fraction of sp³-hybridized carbons (Fsp3) is 0.667. The van der Waals surface area contributed by atoms with Gasteiger partial charge in [-0.05, 0) is 53.2 Å². The first-order valence-electron chi connectivity index (χ1n) is 7.46. The number of nitrogens with zero attached hydrogens (tertiary/aromatic N) is 1. The van der Waals surface area contributed by atoms with E-state index < -0.39 is 6.75 Å². The molecule has 1 heterocycles. The molecule has 0 aromatic carbocycles. The lowest BCUT2D eigenvalue weighted by Crippen LogP contribution is -2.61. The molecule has 0 aliphatic rings. The van der Waals surface area contributed by atoms with Crippen LogP contribution in [0.4, 0.5) is 0 Å². The van der Waals surface area contributed by atoms with Crippen molar-refractivity contribution in [1.29, 1.82) is 0 Å². The van der Waals surface area contributed by atoms with Gasteiger partial charge in [0, 0.05) is 18.3 Å². The fourth-order valence-corrected chi connectivity index (χ4v) is 2.10. The zero-order chi connectivity index (χ0) is 16.0. The fourth-order valence-electron chi connectivity index (χ4n) is 2.10. The third-order valence-electron chi connectivity index (χ3n) is 2.71. The first kappa shape index (κ1) is 17.9. The van der Waals surface area contributed by atoms with Gasteiger partial charge in [-0.15, -0.1) is 0 Å². The second kappa shape index (κ2) is 7.78. The number of methoxy groups -OCH3 is 1. The number of hydrogen-bond acceptors (Lipinski definition) is 5. The van der Waals surface area contributed by atoms with Crippen LogP contribution in [-0.4, -0.2) is 37.2 Å². The van der Waals surface area contributed by atoms with Crippen LogP contribution in [0.15, 0.2) is 18.3 Å². The highest BCUT2D eigenvalue weighted by Crippen LogP contribution is 2.18. The average molecular weight is 296 g/mol. The molecular weight excluding hydrogens is 269 g/mol. The molecular formula is C15H27BNO4-. The summed E-state index contributed by atoms with van der Waals surface area (Å²) in [5, 5.41) is 0. The van der Waals surface area contributed by atoms with Gasteiger partial charge in [0.15, 0.2) is 0 Å². The molecule has 0 spiro atoms. The molecule has 0 amide bonds. The summed E-state index contributed by atoms with van der Waals surface area (Å²) in [6.45, 7) is 9.61. The van der Waals surface area contributed by atoms with Gasteiger partial charge < -0.3 is 18.7 Å². The summed E-state index contributed by atoms with van der Waals surface area (Å²) in [6.07, 6.45) is 1.49. The Balaban J connectivity index is 3.22. The Morgan fingerprint density at radius 2 is 1.33 bits per heavy atom. The summed E-state index contributed by atoms with van der Waals surface area (Å²) in [5.41, 5.74) is 0.631. The molecule has 5 nitrogen and oxygen atoms in total. The van der Waals surface area contributed by atoms with Gasteiger partial charge in [-0.1, -0.05) is 6.07 Å². The van der Waals surface area contributed by atoms with Gasteiger partial charge in [0.2, 0.25) is 0 Å². The van der Waals surface area contributed by atoms with E-state index in [4.69, 9.17) is 18.7 Å². The predicted molar refractivity (Wildman–Crippen MR) is 84.8 cm³/mol. The van der Waals surface area contributed by atoms with Crippen molar-refractivity contribution in [1.82, 2.24) is 4.98 Å². The number of pyridine rings is 1. The van der Waals surface area contributed by atoms with Gasteiger partial charge in [-0.3, -0.25) is 4.98 Å². The second-order valence-corrected chi connectivity index (χ2v) is 5.82. The highest BCUT2D eigenvalue weighted by molar-refractivity contribution is 6.74. The Kier molecular flexibility index (Phi) is 6.64. The molecule has 0 N–H and O–H groups in total. The zero-order valence-corrected chi connectivity index (χ0v) is 14.1. The summed E-state index contributed by atoms with van der Waals surface area (Å²) < 4.78 is 23.2. The summed E-state index contributed by atoms with van der Waals surface area (Å²) in [6, 6.07) is 3.65. The Morgan fingerprint density at radius 1 is 0.857 bits per heavy atom. The van der Waals surface area contributed by atoms with Crippen LogP contribution in [0, 0.1) is 0 Å². The molecule has 1 aromatic heterocycles. The van der Waals surface area contributed by atoms with Gasteiger partial charge in [0.1, 0.15) is 5.75 Å². The molecule has 0 saturated carbocycles. The Labute approximate surface area is 128 Å². The summed E-state index contributed by atoms with van der Waals surface area (Å²) in [4.78, 5) is 4.41. The first-order valence-corrected chi connectivity index (χ1v) is 7.46. The van der Waals surface area contributed by atoms with E-state index in [2.05, 4.69) is 4.98 Å². The van der Waals surface area contributed by atoms with Crippen molar-refractivity contribution in [2.75, 3.05) is 7.11 Å². The van der Waals surface area contributed by atoms with Crippen molar-refractivity contribution in [2.24, 2.45) is 0 Å². The van der Waals surface area contributed by atoms with E-state index >= 15 is 0 Å². The lowest BCUT2D eigenvalue weighted by Gasteiger charge is -2.45. The van der Waals surface area contributed by atoms with Crippen molar-refractivity contribution < 1.29 is 18.7 Å². The van der Waals surface area contributed by atoms with Gasteiger partial charge >= 0.3 is 6.75 Å². The third-order valence-corrected chi connectivity index (χ3v) is 2.71. The Hall–Kier alpha value is -1.11. The van der Waals surface area contributed by atoms with Crippen LogP contribution >= 0.6 is 0 Å². The molecule has 0 radical (unpaired) electrons. The molecule has 0 aliphatic carbocycles. The van der Waals surface area contributed by atoms with Gasteiger partial charge in [-0.25, -0.2) is 0 Å². The summed E-state index contributed by atoms with van der Waals surface area (Å²) >= 11 is 0. The van der Waals surface area contributed by atoms with Crippen LogP contribution < -0.4 is 10.3 Å². The largest absolute Gasteiger partial charge is 0.538 e. The normalized spacial score (nSPS) is 12.5. The van der Waals surface area contributed by atoms with Crippen LogP contribution in [0.2, 0.25) is 0 Å². The maximum Gasteiger partial charge on any atom is 0.428 e. The van der Waals surface area contributed by atoms with Gasteiger partial charge in [0.05, 0.1) is 13.3 Å². The minimum absolute atomic E-state index is 0.0496. The quantitative estimate of drug-likeness (QED) is 0.690. The minimum Gasteiger partial charge on any atom is -0.538 e. The molecule has 0 aliphatic heterocycles. The van der Waals surface area contributed by atoms with Crippen molar-refractivity contribution in [2.45, 2.75) is 59.9 Å². The number of hydrogen-bond donors (Lipinski definition) is 0. The zero-order valence-electron chi connectivity index (χ0n) is 14.1. The number of rotatable bonds is 8. The van der Waals surface area contributed by atoms with Crippen molar-refractivity contribution in [3.05, 3.63) is 18.3 Å². The van der Waals surface area contributed by atoms with Crippen molar-refractivity contribution >= 4 is 12.3 Å². The average Bonchev–Trinajstić information content (AvgIpc) is 2.36. The van der Waals surface area contributed by atoms with Crippen molar-refractivity contribution in [3.8, 4) is 5.75 Å². The smallest absolute Gasteiger partial charge is 0.428 e. The van der Waals surface area contributed by atoms with Gasteiger partial charge in [-0.2, -0.15) is 0 Å². The molecule has 6 heteroatoms. The molecule has 1 aromatic rings. The molecule has 0 saturated heterocycles. The van der Waals surface area contributed by atoms with E-state index in [1.807, 2.05) is 53.7 Å². The van der Waals surface area contributed by atoms with E-state index in [0.29, 0.717) is 11.3 Å². The summed E-state index contributed by atoms with van der Waals surface area (Å²) in [7, 11) is 1.61. The molecule has 0 fully saturated rings. The van der Waals surface area contributed by atoms with Crippen LogP contribution in [0.3, 0.4) is 0 Å². The standard InChI is InChI=1S/C15H27BNO4/c1-11(2)19-16(20-12(3)4,21-13(5)6)15-9-8-14(18-7)10-17-15/h8-13H,1-7H3/q-1. The number of ether oxygens (including phenoxy) is 1. The monoisotopic (exact) mass is 296 g/mol. The molecule has 1 rings (SSSR count). The highest BCUT2D eigenvalue weighted by Gasteiger charge is 2.36. The molecule has 0 bridgehead atoms. The maximum atomic E-state index is 6.03. The summed E-state index contributed by atoms with van der Waals surface area (Å²) in [5.74, 6) is 0.682. The highest BCUT2D eigenvalue weighted by atomic mass is 16.8. The Bertz CT molecular complexity index is 394. The van der Waals surface area contributed by atoms with Crippen LogP contribution in [0.1, 0.15) is 41.5 Å². The topological polar surface area (TPSA) is 49.8 Å². The van der Waals surface area contributed by atoms with E-state index in [0.717, 1.165) is 0 Å². The Morgan fingerprint density at radius 3 is 1.62 bits per heavy atom. The maximum absolute atomic E-state index is 6.03. The van der Waals surface area contributed by atoms with E-state index in [1.165, 1.54) is 0 Å². The second-order valence-electron chi connectivity index (χ2n) is 5.82. The number of aromatic nitrogens is 1. The predicted octanol–water partition coefficient (Wildman–Crippen LogP) is 2.51.